The van der Waals surface area contributed by atoms with E-state index in [0.717, 1.165) is 11.1 Å². The lowest BCUT2D eigenvalue weighted by molar-refractivity contribution is 0.924. The van der Waals surface area contributed by atoms with Gasteiger partial charge in [-0.25, -0.2) is 15.0 Å². The van der Waals surface area contributed by atoms with E-state index in [4.69, 9.17) is 58.0 Å². The van der Waals surface area contributed by atoms with E-state index in [9.17, 15) is 0 Å². The maximum atomic E-state index is 5.76. The summed E-state index contributed by atoms with van der Waals surface area (Å²) in [6.45, 7) is 0. The minimum Gasteiger partial charge on any atom is -0.217 e. The molecule has 0 bridgehead atoms. The first-order chi connectivity index (χ1) is 8.88. The van der Waals surface area contributed by atoms with Gasteiger partial charge < -0.3 is 0 Å². The first kappa shape index (κ1) is 15.1. The molecule has 0 N–H and O–H groups in total. The lowest BCUT2D eigenvalue weighted by atomic mass is 10.1. The van der Waals surface area contributed by atoms with Crippen LogP contribution in [0.5, 0.6) is 0 Å². The highest BCUT2D eigenvalue weighted by molar-refractivity contribution is 6.66. The molecule has 0 aliphatic rings. The number of benzene rings is 1. The van der Waals surface area contributed by atoms with E-state index in [2.05, 4.69) is 15.0 Å². The number of halogens is 5. The summed E-state index contributed by atoms with van der Waals surface area (Å²) in [7, 11) is 0. The second kappa shape index (κ2) is 5.98. The molecule has 8 heteroatoms. The van der Waals surface area contributed by atoms with Gasteiger partial charge in [0.05, 0.1) is 0 Å². The molecule has 0 unspecified atom stereocenters. The van der Waals surface area contributed by atoms with E-state index < -0.39 is 8.63 Å². The van der Waals surface area contributed by atoms with Crippen molar-refractivity contribution in [1.29, 1.82) is 0 Å². The van der Waals surface area contributed by atoms with Gasteiger partial charge in [0.1, 0.15) is 11.2 Å². The molecule has 2 rings (SSSR count). The second-order valence-corrected chi connectivity index (χ2v) is 6.93. The molecule has 100 valence electrons. The zero-order chi connectivity index (χ0) is 14.0. The average molecular weight is 357 g/mol. The Bertz CT molecular complexity index is 565. The van der Waals surface area contributed by atoms with Crippen LogP contribution in [0.2, 0.25) is 0 Å². The number of hydrogen-bond donors (Lipinski definition) is 0. The Hall–Kier alpha value is -0.320. The Labute approximate surface area is 134 Å². The van der Waals surface area contributed by atoms with Crippen molar-refractivity contribution < 1.29 is 0 Å². The molecule has 0 saturated carbocycles. The van der Waals surface area contributed by atoms with E-state index in [-0.39, 0.29) is 5.82 Å². The van der Waals surface area contributed by atoms with Crippen molar-refractivity contribution in [3.63, 3.8) is 0 Å². The lowest BCUT2D eigenvalue weighted by Gasteiger charge is -2.09. The highest BCUT2D eigenvalue weighted by Gasteiger charge is 2.27. The molecule has 2 aromatic rings. The van der Waals surface area contributed by atoms with Crippen molar-refractivity contribution in [1.82, 2.24) is 15.0 Å². The maximum absolute atomic E-state index is 5.76. The Morgan fingerprint density at radius 3 is 2.11 bits per heavy atom. The third-order valence-electron chi connectivity index (χ3n) is 2.25. The molecule has 0 saturated heterocycles. The highest BCUT2D eigenvalue weighted by atomic mass is 35.6. The second-order valence-electron chi connectivity index (χ2n) is 3.55. The smallest absolute Gasteiger partial charge is 0.217 e. The zero-order valence-corrected chi connectivity index (χ0v) is 13.0. The van der Waals surface area contributed by atoms with Crippen LogP contribution in [0, 0.1) is 0 Å². The fourth-order valence-corrected chi connectivity index (χ4v) is 1.91. The molecular weight excluding hydrogens is 351 g/mol. The van der Waals surface area contributed by atoms with Gasteiger partial charge in [0.25, 0.3) is 0 Å². The first-order valence-corrected chi connectivity index (χ1v) is 7.03. The van der Waals surface area contributed by atoms with Gasteiger partial charge in [-0.15, -0.1) is 23.2 Å². The summed E-state index contributed by atoms with van der Waals surface area (Å²) >= 11 is 28.7. The average Bonchev–Trinajstić information content (AvgIpc) is 2.38. The Balaban J connectivity index is 2.37. The van der Waals surface area contributed by atoms with Crippen molar-refractivity contribution in [3.05, 3.63) is 42.0 Å². The molecule has 1 aromatic carbocycles. The normalized spacial score (nSPS) is 11.9. The number of hydrogen-bond acceptors (Lipinski definition) is 3. The van der Waals surface area contributed by atoms with Crippen LogP contribution in [-0.4, -0.2) is 15.0 Å². The van der Waals surface area contributed by atoms with E-state index in [0.29, 0.717) is 5.82 Å². The largest absolute Gasteiger partial charge is 0.250 e. The van der Waals surface area contributed by atoms with Crippen LogP contribution in [0.1, 0.15) is 16.2 Å². The zero-order valence-electron chi connectivity index (χ0n) is 9.20. The number of nitrogens with zero attached hydrogens (tertiary/aromatic N) is 3. The molecule has 0 atom stereocenters. The van der Waals surface area contributed by atoms with Crippen LogP contribution in [-0.2, 0) is 3.79 Å². The third-order valence-corrected chi connectivity index (χ3v) is 3.26. The first-order valence-electron chi connectivity index (χ1n) is 5.02. The van der Waals surface area contributed by atoms with Gasteiger partial charge in [-0.05, 0) is 5.56 Å². The molecule has 1 aromatic heterocycles. The van der Waals surface area contributed by atoms with E-state index in [1.54, 1.807) is 24.3 Å². The summed E-state index contributed by atoms with van der Waals surface area (Å²) in [5, 5.41) is 0. The molecule has 0 radical (unpaired) electrons. The standard InChI is InChI=1S/C11H6Cl5N3/c12-8(13)6-1-3-7(4-2-6)9-17-5-18-10(19-9)11(14,15)16/h1-5,8H. The molecule has 0 spiro atoms. The summed E-state index contributed by atoms with van der Waals surface area (Å²) in [5.41, 5.74) is 1.53. The molecule has 3 nitrogen and oxygen atoms in total. The molecule has 0 aliphatic carbocycles. The van der Waals surface area contributed by atoms with Crippen LogP contribution >= 0.6 is 58.0 Å². The lowest BCUT2D eigenvalue weighted by Crippen LogP contribution is -2.08. The van der Waals surface area contributed by atoms with Gasteiger partial charge in [-0.3, -0.25) is 0 Å². The van der Waals surface area contributed by atoms with E-state index >= 15 is 0 Å². The topological polar surface area (TPSA) is 38.7 Å². The minimum atomic E-state index is -1.69. The predicted molar refractivity (Wildman–Crippen MR) is 78.9 cm³/mol. The van der Waals surface area contributed by atoms with E-state index in [1.165, 1.54) is 6.33 Å². The van der Waals surface area contributed by atoms with Crippen LogP contribution in [0.4, 0.5) is 0 Å². The van der Waals surface area contributed by atoms with Gasteiger partial charge in [0, 0.05) is 5.56 Å². The van der Waals surface area contributed by atoms with Crippen molar-refractivity contribution in [2.75, 3.05) is 0 Å². The van der Waals surface area contributed by atoms with Crippen molar-refractivity contribution >= 4 is 58.0 Å². The number of aromatic nitrogens is 3. The monoisotopic (exact) mass is 355 g/mol. The predicted octanol–water partition coefficient (Wildman–Crippen LogP) is 4.84. The van der Waals surface area contributed by atoms with Crippen LogP contribution in [0.3, 0.4) is 0 Å². The van der Waals surface area contributed by atoms with Gasteiger partial charge >= 0.3 is 0 Å². The molecule has 0 fully saturated rings. The molecule has 1 heterocycles. The SMILES string of the molecule is ClC(Cl)c1ccc(-c2ncnc(C(Cl)(Cl)Cl)n2)cc1. The Morgan fingerprint density at radius 1 is 0.947 bits per heavy atom. The van der Waals surface area contributed by atoms with E-state index in [1.807, 2.05) is 0 Å². The summed E-state index contributed by atoms with van der Waals surface area (Å²) < 4.78 is -1.69. The van der Waals surface area contributed by atoms with Crippen molar-refractivity contribution in [3.8, 4) is 11.4 Å². The summed E-state index contributed by atoms with van der Waals surface area (Å²) in [5.74, 6) is 0.475. The summed E-state index contributed by atoms with van der Waals surface area (Å²) in [4.78, 5) is 11.4. The Kier molecular flexibility index (Phi) is 4.75. The number of alkyl halides is 5. The molecular formula is C11H6Cl5N3. The highest BCUT2D eigenvalue weighted by Crippen LogP contribution is 2.36. The van der Waals surface area contributed by atoms with Crippen LogP contribution < -0.4 is 0 Å². The molecule has 0 amide bonds. The van der Waals surface area contributed by atoms with Gasteiger partial charge in [0.2, 0.25) is 3.79 Å². The van der Waals surface area contributed by atoms with Crippen LogP contribution in [0.25, 0.3) is 11.4 Å². The van der Waals surface area contributed by atoms with Crippen molar-refractivity contribution in [2.45, 2.75) is 8.63 Å². The summed E-state index contributed by atoms with van der Waals surface area (Å²) in [6, 6.07) is 7.12. The van der Waals surface area contributed by atoms with Gasteiger partial charge in [-0.2, -0.15) is 0 Å². The quantitative estimate of drug-likeness (QED) is 0.722. The third kappa shape index (κ3) is 3.83. The fourth-order valence-electron chi connectivity index (χ4n) is 1.35. The maximum Gasteiger partial charge on any atom is 0.250 e. The number of rotatable bonds is 2. The summed E-state index contributed by atoms with van der Waals surface area (Å²) in [6.07, 6.45) is 1.29. The molecule has 19 heavy (non-hydrogen) atoms. The van der Waals surface area contributed by atoms with Crippen molar-refractivity contribution in [2.24, 2.45) is 0 Å². The Morgan fingerprint density at radius 2 is 1.58 bits per heavy atom. The van der Waals surface area contributed by atoms with Gasteiger partial charge in [0.15, 0.2) is 11.6 Å². The van der Waals surface area contributed by atoms with Gasteiger partial charge in [-0.1, -0.05) is 59.1 Å². The fraction of sp³-hybridized carbons (Fsp3) is 0.182. The minimum absolute atomic E-state index is 0.0686. The molecule has 0 aliphatic heterocycles. The van der Waals surface area contributed by atoms with Crippen LogP contribution in [0.15, 0.2) is 30.6 Å².